The van der Waals surface area contributed by atoms with Crippen molar-refractivity contribution in [1.82, 2.24) is 4.98 Å². The van der Waals surface area contributed by atoms with Gasteiger partial charge >= 0.3 is 0 Å². The fourth-order valence-corrected chi connectivity index (χ4v) is 3.02. The molecule has 0 aliphatic carbocycles. The number of nitriles is 1. The van der Waals surface area contributed by atoms with Gasteiger partial charge in [0.2, 0.25) is 0 Å². The van der Waals surface area contributed by atoms with E-state index in [0.29, 0.717) is 5.56 Å². The third kappa shape index (κ3) is 2.84. The monoisotopic (exact) mass is 246 g/mol. The van der Waals surface area contributed by atoms with Gasteiger partial charge in [0.15, 0.2) is 0 Å². The normalized spacial score (nSPS) is 10.0. The van der Waals surface area contributed by atoms with Crippen molar-refractivity contribution in [2.75, 3.05) is 0 Å². The Kier molecular flexibility index (Phi) is 3.60. The standard InChI is InChI=1S/C12H10N2S2/c1-9-7-15-12(14-9)16-8-11-4-2-10(6-13)3-5-11/h2-5,7H,8H2,1H3. The molecule has 2 nitrogen and oxygen atoms in total. The summed E-state index contributed by atoms with van der Waals surface area (Å²) in [4.78, 5) is 4.39. The molecule has 80 valence electrons. The molecular weight excluding hydrogens is 236 g/mol. The first-order valence-electron chi connectivity index (χ1n) is 4.82. The van der Waals surface area contributed by atoms with Gasteiger partial charge in [0.1, 0.15) is 4.34 Å². The van der Waals surface area contributed by atoms with E-state index in [1.807, 2.05) is 31.2 Å². The summed E-state index contributed by atoms with van der Waals surface area (Å²) >= 11 is 3.41. The van der Waals surface area contributed by atoms with Crippen molar-refractivity contribution in [2.24, 2.45) is 0 Å². The molecule has 1 aromatic carbocycles. The van der Waals surface area contributed by atoms with E-state index in [0.717, 1.165) is 15.8 Å². The molecule has 0 spiro atoms. The van der Waals surface area contributed by atoms with E-state index in [1.165, 1.54) is 5.56 Å². The summed E-state index contributed by atoms with van der Waals surface area (Å²) in [5, 5.41) is 10.7. The summed E-state index contributed by atoms with van der Waals surface area (Å²) in [6.07, 6.45) is 0. The Balaban J connectivity index is 1.97. The molecule has 0 bridgehead atoms. The zero-order chi connectivity index (χ0) is 11.4. The molecule has 0 aliphatic rings. The Morgan fingerprint density at radius 3 is 2.69 bits per heavy atom. The maximum Gasteiger partial charge on any atom is 0.150 e. The van der Waals surface area contributed by atoms with E-state index < -0.39 is 0 Å². The molecule has 0 amide bonds. The first-order chi connectivity index (χ1) is 7.78. The van der Waals surface area contributed by atoms with Gasteiger partial charge in [0.25, 0.3) is 0 Å². The molecule has 1 heterocycles. The average Bonchev–Trinajstić information content (AvgIpc) is 2.73. The van der Waals surface area contributed by atoms with Crippen LogP contribution in [-0.2, 0) is 5.75 Å². The molecule has 1 aromatic heterocycles. The number of thiazole rings is 1. The van der Waals surface area contributed by atoms with Gasteiger partial charge in [-0.15, -0.1) is 11.3 Å². The molecule has 0 N–H and O–H groups in total. The van der Waals surface area contributed by atoms with Gasteiger partial charge in [-0.2, -0.15) is 5.26 Å². The van der Waals surface area contributed by atoms with E-state index in [-0.39, 0.29) is 0 Å². The summed E-state index contributed by atoms with van der Waals surface area (Å²) in [5.41, 5.74) is 3.00. The molecule has 4 heteroatoms. The van der Waals surface area contributed by atoms with Crippen LogP contribution in [0.15, 0.2) is 34.0 Å². The Morgan fingerprint density at radius 2 is 2.12 bits per heavy atom. The lowest BCUT2D eigenvalue weighted by molar-refractivity contribution is 1.16. The quantitative estimate of drug-likeness (QED) is 0.776. The van der Waals surface area contributed by atoms with Gasteiger partial charge in [0, 0.05) is 16.8 Å². The molecular formula is C12H10N2S2. The minimum atomic E-state index is 0.707. The van der Waals surface area contributed by atoms with E-state index >= 15 is 0 Å². The lowest BCUT2D eigenvalue weighted by atomic mass is 10.2. The van der Waals surface area contributed by atoms with Gasteiger partial charge in [-0.3, -0.25) is 0 Å². The zero-order valence-electron chi connectivity index (χ0n) is 8.80. The second-order valence-electron chi connectivity index (χ2n) is 3.35. The molecule has 16 heavy (non-hydrogen) atoms. The molecule has 0 aliphatic heterocycles. The van der Waals surface area contributed by atoms with E-state index in [9.17, 15) is 0 Å². The van der Waals surface area contributed by atoms with E-state index in [4.69, 9.17) is 5.26 Å². The topological polar surface area (TPSA) is 36.7 Å². The number of thioether (sulfide) groups is 1. The maximum absolute atomic E-state index is 8.68. The van der Waals surface area contributed by atoms with Gasteiger partial charge in [-0.1, -0.05) is 23.9 Å². The highest BCUT2D eigenvalue weighted by atomic mass is 32.2. The van der Waals surface area contributed by atoms with Crippen molar-refractivity contribution in [3.63, 3.8) is 0 Å². The highest BCUT2D eigenvalue weighted by Gasteiger charge is 2.00. The van der Waals surface area contributed by atoms with Crippen LogP contribution in [0.2, 0.25) is 0 Å². The largest absolute Gasteiger partial charge is 0.235 e. The fraction of sp³-hybridized carbons (Fsp3) is 0.167. The molecule has 0 saturated heterocycles. The van der Waals surface area contributed by atoms with Crippen LogP contribution in [0.1, 0.15) is 16.8 Å². The van der Waals surface area contributed by atoms with Crippen molar-refractivity contribution in [3.8, 4) is 6.07 Å². The lowest BCUT2D eigenvalue weighted by Gasteiger charge is -1.98. The summed E-state index contributed by atoms with van der Waals surface area (Å²) in [6, 6.07) is 9.80. The van der Waals surface area contributed by atoms with Crippen molar-refractivity contribution in [2.45, 2.75) is 17.0 Å². The van der Waals surface area contributed by atoms with Crippen LogP contribution in [-0.4, -0.2) is 4.98 Å². The molecule has 0 unspecified atom stereocenters. The first kappa shape index (κ1) is 11.2. The highest BCUT2D eigenvalue weighted by molar-refractivity contribution is 8.00. The Morgan fingerprint density at radius 1 is 1.38 bits per heavy atom. The third-order valence-electron chi connectivity index (χ3n) is 2.04. The van der Waals surface area contributed by atoms with Crippen molar-refractivity contribution < 1.29 is 0 Å². The van der Waals surface area contributed by atoms with Crippen LogP contribution in [0.3, 0.4) is 0 Å². The number of nitrogens with zero attached hydrogens (tertiary/aromatic N) is 2. The van der Waals surface area contributed by atoms with Crippen LogP contribution in [0.4, 0.5) is 0 Å². The van der Waals surface area contributed by atoms with Crippen LogP contribution < -0.4 is 0 Å². The lowest BCUT2D eigenvalue weighted by Crippen LogP contribution is -1.81. The minimum absolute atomic E-state index is 0.707. The van der Waals surface area contributed by atoms with Crippen LogP contribution in [0.25, 0.3) is 0 Å². The summed E-state index contributed by atoms with van der Waals surface area (Å²) in [7, 11) is 0. The molecule has 2 aromatic rings. The van der Waals surface area contributed by atoms with Crippen molar-refractivity contribution in [3.05, 3.63) is 46.5 Å². The number of aromatic nitrogens is 1. The number of hydrogen-bond acceptors (Lipinski definition) is 4. The van der Waals surface area contributed by atoms with Crippen LogP contribution in [0, 0.1) is 18.3 Å². The zero-order valence-corrected chi connectivity index (χ0v) is 10.4. The second kappa shape index (κ2) is 5.15. The number of aryl methyl sites for hydroxylation is 1. The predicted octanol–water partition coefficient (Wildman–Crippen LogP) is 3.62. The number of benzene rings is 1. The molecule has 0 saturated carbocycles. The fourth-order valence-electron chi connectivity index (χ4n) is 1.22. The molecule has 0 radical (unpaired) electrons. The second-order valence-corrected chi connectivity index (χ2v) is 5.43. The van der Waals surface area contributed by atoms with Gasteiger partial charge in [-0.25, -0.2) is 4.98 Å². The van der Waals surface area contributed by atoms with Crippen molar-refractivity contribution >= 4 is 23.1 Å². The first-order valence-corrected chi connectivity index (χ1v) is 6.68. The molecule has 0 fully saturated rings. The van der Waals surface area contributed by atoms with Gasteiger partial charge in [0.05, 0.1) is 11.6 Å². The maximum atomic E-state index is 8.68. The SMILES string of the molecule is Cc1csc(SCc2ccc(C#N)cc2)n1. The smallest absolute Gasteiger partial charge is 0.150 e. The Bertz CT molecular complexity index is 509. The summed E-state index contributed by atoms with van der Waals surface area (Å²) in [6.45, 7) is 2.00. The highest BCUT2D eigenvalue weighted by Crippen LogP contribution is 2.25. The Hall–Kier alpha value is -1.31. The number of rotatable bonds is 3. The van der Waals surface area contributed by atoms with E-state index in [1.54, 1.807) is 23.1 Å². The Labute approximate surface area is 103 Å². The number of hydrogen-bond donors (Lipinski definition) is 0. The summed E-state index contributed by atoms with van der Waals surface area (Å²) < 4.78 is 1.10. The molecule has 2 rings (SSSR count). The van der Waals surface area contributed by atoms with Crippen LogP contribution in [0.5, 0.6) is 0 Å². The predicted molar refractivity (Wildman–Crippen MR) is 67.6 cm³/mol. The average molecular weight is 246 g/mol. The summed E-state index contributed by atoms with van der Waals surface area (Å²) in [5.74, 6) is 0.901. The van der Waals surface area contributed by atoms with E-state index in [2.05, 4.69) is 16.4 Å². The van der Waals surface area contributed by atoms with Crippen LogP contribution >= 0.6 is 23.1 Å². The molecule has 0 atom stereocenters. The minimum Gasteiger partial charge on any atom is -0.235 e. The van der Waals surface area contributed by atoms with Crippen molar-refractivity contribution in [1.29, 1.82) is 5.26 Å². The third-order valence-corrected chi connectivity index (χ3v) is 4.25. The van der Waals surface area contributed by atoms with Gasteiger partial charge < -0.3 is 0 Å². The van der Waals surface area contributed by atoms with Gasteiger partial charge in [-0.05, 0) is 24.6 Å².